The van der Waals surface area contributed by atoms with Gasteiger partial charge in [0.15, 0.2) is 5.96 Å². The molecule has 0 atom stereocenters. The van der Waals surface area contributed by atoms with Crippen molar-refractivity contribution >= 4 is 11.9 Å². The number of guanidine groups is 1. The molecule has 1 aliphatic heterocycles. The van der Waals surface area contributed by atoms with Crippen LogP contribution in [0.4, 0.5) is 0 Å². The van der Waals surface area contributed by atoms with Crippen LogP contribution in [0.2, 0.25) is 0 Å². The van der Waals surface area contributed by atoms with E-state index in [4.69, 9.17) is 4.42 Å². The predicted octanol–water partition coefficient (Wildman–Crippen LogP) is 1.61. The number of hydrogen-bond acceptors (Lipinski definition) is 5. The maximum absolute atomic E-state index is 11.5. The van der Waals surface area contributed by atoms with Crippen molar-refractivity contribution < 1.29 is 9.21 Å². The van der Waals surface area contributed by atoms with E-state index in [-0.39, 0.29) is 5.91 Å². The van der Waals surface area contributed by atoms with E-state index in [0.717, 1.165) is 49.7 Å². The molecular formula is C21H30N6O2. The smallest absolute Gasteiger partial charge is 0.233 e. The van der Waals surface area contributed by atoms with Crippen LogP contribution in [0.5, 0.6) is 0 Å². The number of nitrogens with zero attached hydrogens (tertiary/aromatic N) is 3. The molecule has 1 aliphatic rings. The summed E-state index contributed by atoms with van der Waals surface area (Å²) in [5.41, 5.74) is 1.75. The highest BCUT2D eigenvalue weighted by Crippen LogP contribution is 2.18. The highest BCUT2D eigenvalue weighted by molar-refractivity contribution is 5.80. The lowest BCUT2D eigenvalue weighted by molar-refractivity contribution is -0.122. The molecule has 1 saturated heterocycles. The van der Waals surface area contributed by atoms with Gasteiger partial charge in [0.25, 0.3) is 0 Å². The van der Waals surface area contributed by atoms with Crippen LogP contribution in [0.1, 0.15) is 25.5 Å². The summed E-state index contributed by atoms with van der Waals surface area (Å²) in [5.74, 6) is 1.45. The fourth-order valence-corrected chi connectivity index (χ4v) is 3.28. The Labute approximate surface area is 171 Å². The summed E-state index contributed by atoms with van der Waals surface area (Å²) < 4.78 is 5.59. The molecule has 0 radical (unpaired) electrons. The number of benzene rings is 1. The van der Waals surface area contributed by atoms with Gasteiger partial charge in [0, 0.05) is 38.3 Å². The highest BCUT2D eigenvalue weighted by atomic mass is 16.3. The lowest BCUT2D eigenvalue weighted by Gasteiger charge is -2.32. The predicted molar refractivity (Wildman–Crippen MR) is 113 cm³/mol. The minimum absolute atomic E-state index is 0.0637. The molecule has 2 heterocycles. The van der Waals surface area contributed by atoms with E-state index in [1.54, 1.807) is 13.3 Å². The number of aromatic nitrogens is 1. The molecule has 0 bridgehead atoms. The number of carbonyl (C=O) groups is 1. The third-order valence-corrected chi connectivity index (χ3v) is 4.89. The maximum atomic E-state index is 11.5. The molecule has 1 amide bonds. The molecule has 2 aromatic rings. The molecule has 0 spiro atoms. The molecule has 0 unspecified atom stereocenters. The summed E-state index contributed by atoms with van der Waals surface area (Å²) in [6, 6.07) is 10.2. The molecule has 3 rings (SSSR count). The minimum Gasteiger partial charge on any atom is -0.444 e. The van der Waals surface area contributed by atoms with Crippen LogP contribution in [-0.4, -0.2) is 61.0 Å². The zero-order valence-corrected chi connectivity index (χ0v) is 17.1. The van der Waals surface area contributed by atoms with Gasteiger partial charge in [-0.2, -0.15) is 0 Å². The van der Waals surface area contributed by atoms with Gasteiger partial charge in [-0.1, -0.05) is 18.2 Å². The number of nitrogens with one attached hydrogen (secondary N) is 3. The Kier molecular flexibility index (Phi) is 7.63. The molecule has 8 heteroatoms. The van der Waals surface area contributed by atoms with Crippen molar-refractivity contribution in [1.29, 1.82) is 0 Å². The van der Waals surface area contributed by atoms with Crippen molar-refractivity contribution in [3.8, 4) is 11.5 Å². The lowest BCUT2D eigenvalue weighted by atomic mass is 10.1. The quantitative estimate of drug-likeness (QED) is 0.485. The van der Waals surface area contributed by atoms with Crippen molar-refractivity contribution in [2.45, 2.75) is 32.4 Å². The van der Waals surface area contributed by atoms with Crippen molar-refractivity contribution in [2.24, 2.45) is 4.99 Å². The third-order valence-electron chi connectivity index (χ3n) is 4.89. The number of hydrogen-bond donors (Lipinski definition) is 3. The Morgan fingerprint density at radius 2 is 2.03 bits per heavy atom. The lowest BCUT2D eigenvalue weighted by Crippen LogP contribution is -2.50. The topological polar surface area (TPSA) is 94.8 Å². The van der Waals surface area contributed by atoms with Crippen LogP contribution in [0, 0.1) is 0 Å². The maximum Gasteiger partial charge on any atom is 0.233 e. The largest absolute Gasteiger partial charge is 0.444 e. The van der Waals surface area contributed by atoms with Crippen LogP contribution < -0.4 is 16.0 Å². The number of piperidine rings is 1. The first kappa shape index (κ1) is 20.9. The van der Waals surface area contributed by atoms with E-state index >= 15 is 0 Å². The van der Waals surface area contributed by atoms with Crippen LogP contribution in [-0.2, 0) is 11.3 Å². The summed E-state index contributed by atoms with van der Waals surface area (Å²) >= 11 is 0. The van der Waals surface area contributed by atoms with E-state index in [1.807, 2.05) is 37.3 Å². The number of oxazole rings is 1. The second-order valence-electron chi connectivity index (χ2n) is 7.07. The number of amides is 1. The second-order valence-corrected chi connectivity index (χ2v) is 7.07. The normalized spacial score (nSPS) is 15.9. The summed E-state index contributed by atoms with van der Waals surface area (Å²) in [6.45, 7) is 5.54. The molecule has 8 nitrogen and oxygen atoms in total. The SMILES string of the molecule is CCNC(=NCc1coc(-c2ccccc2)n1)NC1CCN(CC(=O)NC)CC1. The van der Waals surface area contributed by atoms with Gasteiger partial charge in [-0.05, 0) is 31.9 Å². The molecule has 0 saturated carbocycles. The fraction of sp³-hybridized carbons (Fsp3) is 0.476. The zero-order chi connectivity index (χ0) is 20.5. The van der Waals surface area contributed by atoms with Gasteiger partial charge in [0.05, 0.1) is 13.1 Å². The number of rotatable bonds is 7. The molecule has 3 N–H and O–H groups in total. The fourth-order valence-electron chi connectivity index (χ4n) is 3.28. The Morgan fingerprint density at radius 1 is 1.28 bits per heavy atom. The van der Waals surface area contributed by atoms with Gasteiger partial charge in [0.1, 0.15) is 12.0 Å². The van der Waals surface area contributed by atoms with Crippen LogP contribution in [0.3, 0.4) is 0 Å². The van der Waals surface area contributed by atoms with Gasteiger partial charge < -0.3 is 20.4 Å². The van der Waals surface area contributed by atoms with Crippen molar-refractivity contribution in [1.82, 2.24) is 25.8 Å². The monoisotopic (exact) mass is 398 g/mol. The second kappa shape index (κ2) is 10.6. The van der Waals surface area contributed by atoms with Gasteiger partial charge in [-0.3, -0.25) is 9.69 Å². The van der Waals surface area contributed by atoms with E-state index in [2.05, 4.69) is 30.8 Å². The van der Waals surface area contributed by atoms with Crippen molar-refractivity contribution in [3.63, 3.8) is 0 Å². The van der Waals surface area contributed by atoms with Crippen LogP contribution >= 0.6 is 0 Å². The minimum atomic E-state index is 0.0637. The first-order valence-corrected chi connectivity index (χ1v) is 10.2. The Balaban J connectivity index is 1.53. The number of likely N-dealkylation sites (tertiary alicyclic amines) is 1. The Bertz CT molecular complexity index is 797. The van der Waals surface area contributed by atoms with Crippen molar-refractivity contribution in [3.05, 3.63) is 42.3 Å². The van der Waals surface area contributed by atoms with Gasteiger partial charge in [0.2, 0.25) is 11.8 Å². The van der Waals surface area contributed by atoms with Gasteiger partial charge >= 0.3 is 0 Å². The average Bonchev–Trinajstić information content (AvgIpc) is 3.23. The van der Waals surface area contributed by atoms with E-state index in [0.29, 0.717) is 25.0 Å². The first-order valence-electron chi connectivity index (χ1n) is 10.2. The van der Waals surface area contributed by atoms with Gasteiger partial charge in [-0.25, -0.2) is 9.98 Å². The first-order chi connectivity index (χ1) is 14.2. The number of carbonyl (C=O) groups excluding carboxylic acids is 1. The van der Waals surface area contributed by atoms with Crippen LogP contribution in [0.25, 0.3) is 11.5 Å². The molecule has 1 aromatic heterocycles. The van der Waals surface area contributed by atoms with Crippen LogP contribution in [0.15, 0.2) is 46.0 Å². The van der Waals surface area contributed by atoms with E-state index in [1.165, 1.54) is 0 Å². The molecule has 156 valence electrons. The number of likely N-dealkylation sites (N-methyl/N-ethyl adjacent to an activating group) is 1. The number of aliphatic imine (C=N–C) groups is 1. The standard InChI is InChI=1S/C21H30N6O2/c1-3-23-21(26-17-9-11-27(12-10-17)14-19(28)22-2)24-13-18-15-29-20(25-18)16-7-5-4-6-8-16/h4-8,15,17H,3,9-14H2,1-2H3,(H,22,28)(H2,23,24,26). The van der Waals surface area contributed by atoms with Gasteiger partial charge in [-0.15, -0.1) is 0 Å². The molecule has 0 aliphatic carbocycles. The highest BCUT2D eigenvalue weighted by Gasteiger charge is 2.21. The van der Waals surface area contributed by atoms with E-state index < -0.39 is 0 Å². The molecule has 29 heavy (non-hydrogen) atoms. The summed E-state index contributed by atoms with van der Waals surface area (Å²) in [7, 11) is 1.67. The van der Waals surface area contributed by atoms with Crippen molar-refractivity contribution in [2.75, 3.05) is 33.2 Å². The summed E-state index contributed by atoms with van der Waals surface area (Å²) in [6.07, 6.45) is 3.61. The average molecular weight is 399 g/mol. The summed E-state index contributed by atoms with van der Waals surface area (Å²) in [5, 5.41) is 9.48. The zero-order valence-electron chi connectivity index (χ0n) is 17.1. The van der Waals surface area contributed by atoms with E-state index in [9.17, 15) is 4.79 Å². The molecule has 1 fully saturated rings. The Morgan fingerprint density at radius 3 is 2.72 bits per heavy atom. The molecular weight excluding hydrogens is 368 g/mol. The third kappa shape index (κ3) is 6.32. The Hall–Kier alpha value is -2.87. The summed E-state index contributed by atoms with van der Waals surface area (Å²) in [4.78, 5) is 22.9. The molecule has 1 aromatic carbocycles.